The molecular formula is C20H21N3O4. The summed E-state index contributed by atoms with van der Waals surface area (Å²) in [7, 11) is 0. The molecule has 0 radical (unpaired) electrons. The molecule has 0 bridgehead atoms. The van der Waals surface area contributed by atoms with Gasteiger partial charge in [-0.1, -0.05) is 18.9 Å². The first-order chi connectivity index (χ1) is 13.2. The molecule has 1 fully saturated rings. The van der Waals surface area contributed by atoms with Crippen molar-refractivity contribution < 1.29 is 19.1 Å². The van der Waals surface area contributed by atoms with Gasteiger partial charge in [0, 0.05) is 24.3 Å². The third kappa shape index (κ3) is 4.02. The summed E-state index contributed by atoms with van der Waals surface area (Å²) in [4.78, 5) is 28.9. The van der Waals surface area contributed by atoms with E-state index in [0.29, 0.717) is 23.6 Å². The highest BCUT2D eigenvalue weighted by molar-refractivity contribution is 5.98. The number of carbonyl (C=O) groups excluding carboxylic acids is 2. The first kappa shape index (κ1) is 17.3. The van der Waals surface area contributed by atoms with Gasteiger partial charge in [-0.05, 0) is 42.7 Å². The zero-order valence-corrected chi connectivity index (χ0v) is 14.9. The second-order valence-electron chi connectivity index (χ2n) is 6.75. The van der Waals surface area contributed by atoms with Crippen molar-refractivity contribution in [1.29, 1.82) is 0 Å². The maximum Gasteiger partial charge on any atom is 0.270 e. The molecule has 4 rings (SSSR count). The average Bonchev–Trinajstić information content (AvgIpc) is 3.37. The first-order valence-corrected chi connectivity index (χ1v) is 9.13. The molecule has 2 aromatic rings. The van der Waals surface area contributed by atoms with Gasteiger partial charge in [-0.2, -0.15) is 0 Å². The minimum atomic E-state index is -0.259. The zero-order chi connectivity index (χ0) is 18.6. The van der Waals surface area contributed by atoms with Crippen molar-refractivity contribution in [2.45, 2.75) is 38.3 Å². The Kier molecular flexibility index (Phi) is 4.91. The molecule has 2 heterocycles. The lowest BCUT2D eigenvalue weighted by molar-refractivity contribution is 0.0933. The van der Waals surface area contributed by atoms with Crippen molar-refractivity contribution in [3.8, 4) is 11.5 Å². The number of benzene rings is 1. The largest absolute Gasteiger partial charge is 0.454 e. The smallest absolute Gasteiger partial charge is 0.270 e. The molecular weight excluding hydrogens is 346 g/mol. The quantitative estimate of drug-likeness (QED) is 0.847. The van der Waals surface area contributed by atoms with E-state index in [9.17, 15) is 9.59 Å². The molecule has 27 heavy (non-hydrogen) atoms. The lowest BCUT2D eigenvalue weighted by Gasteiger charge is -2.12. The van der Waals surface area contributed by atoms with Gasteiger partial charge in [0.15, 0.2) is 11.5 Å². The van der Waals surface area contributed by atoms with Crippen LogP contribution in [0.25, 0.3) is 0 Å². The van der Waals surface area contributed by atoms with Crippen LogP contribution in [-0.2, 0) is 6.54 Å². The summed E-state index contributed by atoms with van der Waals surface area (Å²) in [6.07, 6.45) is 5.77. The maximum absolute atomic E-state index is 12.4. The third-order valence-corrected chi connectivity index (χ3v) is 4.84. The van der Waals surface area contributed by atoms with E-state index in [-0.39, 0.29) is 30.3 Å². The van der Waals surface area contributed by atoms with E-state index >= 15 is 0 Å². The normalized spacial score (nSPS) is 15.6. The summed E-state index contributed by atoms with van der Waals surface area (Å²) in [6, 6.07) is 8.88. The number of hydrogen-bond donors (Lipinski definition) is 2. The summed E-state index contributed by atoms with van der Waals surface area (Å²) in [5, 5.41) is 5.84. The number of hydrogen-bond acceptors (Lipinski definition) is 5. The number of rotatable bonds is 5. The lowest BCUT2D eigenvalue weighted by Crippen LogP contribution is -2.33. The van der Waals surface area contributed by atoms with E-state index < -0.39 is 0 Å². The minimum absolute atomic E-state index is 0.211. The van der Waals surface area contributed by atoms with Gasteiger partial charge in [0.1, 0.15) is 5.69 Å². The van der Waals surface area contributed by atoms with Crippen LogP contribution in [-0.4, -0.2) is 29.6 Å². The molecule has 0 spiro atoms. The van der Waals surface area contributed by atoms with Crippen LogP contribution in [0.15, 0.2) is 36.5 Å². The van der Waals surface area contributed by atoms with E-state index in [1.807, 2.05) is 18.2 Å². The van der Waals surface area contributed by atoms with Crippen molar-refractivity contribution in [1.82, 2.24) is 15.6 Å². The summed E-state index contributed by atoms with van der Waals surface area (Å²) in [5.74, 6) is 0.894. The highest BCUT2D eigenvalue weighted by atomic mass is 16.7. The predicted octanol–water partition coefficient (Wildman–Crippen LogP) is 2.41. The van der Waals surface area contributed by atoms with E-state index in [1.165, 1.54) is 12.3 Å². The number of nitrogens with zero attached hydrogens (tertiary/aromatic N) is 1. The molecule has 0 atom stereocenters. The molecule has 1 aromatic carbocycles. The number of carbonyl (C=O) groups is 2. The minimum Gasteiger partial charge on any atom is -0.454 e. The molecule has 0 saturated heterocycles. The van der Waals surface area contributed by atoms with Crippen LogP contribution in [0.1, 0.15) is 52.1 Å². The Morgan fingerprint density at radius 2 is 1.85 bits per heavy atom. The Balaban J connectivity index is 1.37. The third-order valence-electron chi connectivity index (χ3n) is 4.84. The maximum atomic E-state index is 12.4. The van der Waals surface area contributed by atoms with Crippen LogP contribution in [0.2, 0.25) is 0 Å². The Morgan fingerprint density at radius 1 is 1.04 bits per heavy atom. The lowest BCUT2D eigenvalue weighted by atomic mass is 10.1. The summed E-state index contributed by atoms with van der Waals surface area (Å²) < 4.78 is 10.6. The molecule has 140 valence electrons. The van der Waals surface area contributed by atoms with Gasteiger partial charge >= 0.3 is 0 Å². The van der Waals surface area contributed by atoms with Crippen molar-refractivity contribution in [2.24, 2.45) is 0 Å². The van der Waals surface area contributed by atoms with Gasteiger partial charge in [-0.3, -0.25) is 14.6 Å². The molecule has 7 nitrogen and oxygen atoms in total. The van der Waals surface area contributed by atoms with Gasteiger partial charge in [0.2, 0.25) is 6.79 Å². The molecule has 2 amide bonds. The summed E-state index contributed by atoms with van der Waals surface area (Å²) in [5.41, 5.74) is 1.57. The number of amides is 2. The van der Waals surface area contributed by atoms with E-state index in [0.717, 1.165) is 31.2 Å². The topological polar surface area (TPSA) is 89.6 Å². The fourth-order valence-corrected chi connectivity index (χ4v) is 3.36. The van der Waals surface area contributed by atoms with E-state index in [2.05, 4.69) is 15.6 Å². The van der Waals surface area contributed by atoms with Gasteiger partial charge in [-0.15, -0.1) is 0 Å². The molecule has 2 aliphatic rings. The van der Waals surface area contributed by atoms with E-state index in [1.54, 1.807) is 6.07 Å². The van der Waals surface area contributed by atoms with Crippen LogP contribution in [0.4, 0.5) is 0 Å². The average molecular weight is 367 g/mol. The fraction of sp³-hybridized carbons (Fsp3) is 0.350. The molecule has 0 unspecified atom stereocenters. The SMILES string of the molecule is O=C(NCc1ccc2c(c1)OCO2)c1ccnc(C(=O)NC2CCCC2)c1. The summed E-state index contributed by atoms with van der Waals surface area (Å²) in [6.45, 7) is 0.565. The molecule has 7 heteroatoms. The second kappa shape index (κ2) is 7.65. The highest BCUT2D eigenvalue weighted by Gasteiger charge is 2.19. The Morgan fingerprint density at radius 3 is 2.70 bits per heavy atom. The number of nitrogens with one attached hydrogen (secondary N) is 2. The Labute approximate surface area is 157 Å². The molecule has 1 aliphatic carbocycles. The van der Waals surface area contributed by atoms with Crippen LogP contribution >= 0.6 is 0 Å². The number of ether oxygens (including phenoxy) is 2. The predicted molar refractivity (Wildman–Crippen MR) is 97.7 cm³/mol. The van der Waals surface area contributed by atoms with Crippen LogP contribution in [0.3, 0.4) is 0 Å². The monoisotopic (exact) mass is 367 g/mol. The second-order valence-corrected chi connectivity index (χ2v) is 6.75. The fourth-order valence-electron chi connectivity index (χ4n) is 3.36. The van der Waals surface area contributed by atoms with Gasteiger partial charge in [-0.25, -0.2) is 0 Å². The molecule has 2 N–H and O–H groups in total. The number of fused-ring (bicyclic) bond motifs is 1. The van der Waals surface area contributed by atoms with Gasteiger partial charge < -0.3 is 20.1 Å². The molecule has 1 aliphatic heterocycles. The molecule has 1 saturated carbocycles. The van der Waals surface area contributed by atoms with Gasteiger partial charge in [0.25, 0.3) is 11.8 Å². The van der Waals surface area contributed by atoms with Gasteiger partial charge in [0.05, 0.1) is 0 Å². The first-order valence-electron chi connectivity index (χ1n) is 9.13. The number of aromatic nitrogens is 1. The summed E-state index contributed by atoms with van der Waals surface area (Å²) >= 11 is 0. The van der Waals surface area contributed by atoms with Crippen LogP contribution < -0.4 is 20.1 Å². The Bertz CT molecular complexity index is 862. The zero-order valence-electron chi connectivity index (χ0n) is 14.9. The highest BCUT2D eigenvalue weighted by Crippen LogP contribution is 2.32. The van der Waals surface area contributed by atoms with Crippen molar-refractivity contribution in [2.75, 3.05) is 6.79 Å². The van der Waals surface area contributed by atoms with Crippen molar-refractivity contribution in [3.63, 3.8) is 0 Å². The Hall–Kier alpha value is -3.09. The standard InChI is InChI=1S/C20H21N3O4/c24-19(22-11-13-5-6-17-18(9-13)27-12-26-17)14-7-8-21-16(10-14)20(25)23-15-3-1-2-4-15/h5-10,15H,1-4,11-12H2,(H,22,24)(H,23,25). The van der Waals surface area contributed by atoms with Crippen molar-refractivity contribution in [3.05, 3.63) is 53.3 Å². The van der Waals surface area contributed by atoms with Crippen molar-refractivity contribution >= 4 is 11.8 Å². The van der Waals surface area contributed by atoms with Crippen LogP contribution in [0.5, 0.6) is 11.5 Å². The number of pyridine rings is 1. The van der Waals surface area contributed by atoms with Crippen LogP contribution in [0, 0.1) is 0 Å². The molecule has 1 aromatic heterocycles. The van der Waals surface area contributed by atoms with E-state index in [4.69, 9.17) is 9.47 Å².